The topological polar surface area (TPSA) is 42.3 Å². The van der Waals surface area contributed by atoms with E-state index in [1.807, 2.05) is 24.3 Å². The molecular formula is C11H15NO2. The Morgan fingerprint density at radius 3 is 2.43 bits per heavy atom. The first-order valence-electron chi connectivity index (χ1n) is 4.59. The molecule has 0 aliphatic rings. The second-order valence-electron chi connectivity index (χ2n) is 2.91. The molecule has 0 atom stereocenters. The van der Waals surface area contributed by atoms with Gasteiger partial charge in [-0.15, -0.1) is 0 Å². The van der Waals surface area contributed by atoms with Crippen LogP contribution in [0.5, 0.6) is 5.75 Å². The van der Waals surface area contributed by atoms with Crippen molar-refractivity contribution in [3.8, 4) is 5.75 Å². The van der Waals surface area contributed by atoms with E-state index in [2.05, 4.69) is 11.7 Å². The first-order valence-corrected chi connectivity index (χ1v) is 4.59. The molecule has 1 N–H and O–H groups in total. The highest BCUT2D eigenvalue weighted by Gasteiger charge is 1.97. The molecule has 0 aromatic heterocycles. The maximum Gasteiger partial charge on any atom is 0.219 e. The summed E-state index contributed by atoms with van der Waals surface area (Å²) in [6.45, 7) is 2.29. The fraction of sp³-hybridized carbons (Fsp3) is 0.364. The summed E-state index contributed by atoms with van der Waals surface area (Å²) < 4.78 is 9.98. The van der Waals surface area contributed by atoms with Gasteiger partial charge in [0.15, 0.2) is 6.61 Å². The van der Waals surface area contributed by atoms with Crippen molar-refractivity contribution in [2.24, 2.45) is 0 Å². The SMILES string of the molecule is CCc1ccc(OCC(=N)OC)cc1. The van der Waals surface area contributed by atoms with Crippen molar-refractivity contribution >= 4 is 5.90 Å². The van der Waals surface area contributed by atoms with E-state index < -0.39 is 0 Å². The molecule has 0 saturated heterocycles. The largest absolute Gasteiger partial charge is 0.484 e. The molecule has 0 heterocycles. The normalized spacial score (nSPS) is 9.57. The Labute approximate surface area is 84.2 Å². The molecule has 0 spiro atoms. The Hall–Kier alpha value is -1.51. The number of rotatable bonds is 4. The summed E-state index contributed by atoms with van der Waals surface area (Å²) in [6.07, 6.45) is 1.02. The molecule has 1 aromatic carbocycles. The van der Waals surface area contributed by atoms with Crippen molar-refractivity contribution in [1.29, 1.82) is 5.41 Å². The van der Waals surface area contributed by atoms with Crippen molar-refractivity contribution < 1.29 is 9.47 Å². The summed E-state index contributed by atoms with van der Waals surface area (Å²) in [5.74, 6) is 0.897. The highest BCUT2D eigenvalue weighted by atomic mass is 16.5. The van der Waals surface area contributed by atoms with Crippen LogP contribution in [0, 0.1) is 5.41 Å². The summed E-state index contributed by atoms with van der Waals surface area (Å²) >= 11 is 0. The maximum absolute atomic E-state index is 7.22. The van der Waals surface area contributed by atoms with E-state index in [1.165, 1.54) is 12.7 Å². The third-order valence-electron chi connectivity index (χ3n) is 1.95. The average molecular weight is 193 g/mol. The van der Waals surface area contributed by atoms with E-state index >= 15 is 0 Å². The van der Waals surface area contributed by atoms with Gasteiger partial charge in [-0.2, -0.15) is 0 Å². The third kappa shape index (κ3) is 3.09. The van der Waals surface area contributed by atoms with Gasteiger partial charge in [-0.25, -0.2) is 0 Å². The number of hydrogen-bond acceptors (Lipinski definition) is 3. The minimum Gasteiger partial charge on any atom is -0.484 e. The van der Waals surface area contributed by atoms with Crippen LogP contribution < -0.4 is 4.74 Å². The van der Waals surface area contributed by atoms with Gasteiger partial charge in [0, 0.05) is 0 Å². The number of benzene rings is 1. The van der Waals surface area contributed by atoms with Gasteiger partial charge in [0.1, 0.15) is 5.75 Å². The van der Waals surface area contributed by atoms with Crippen LogP contribution in [0.2, 0.25) is 0 Å². The molecule has 76 valence electrons. The van der Waals surface area contributed by atoms with Crippen LogP contribution in [0.15, 0.2) is 24.3 Å². The van der Waals surface area contributed by atoms with E-state index in [9.17, 15) is 0 Å². The molecule has 0 amide bonds. The lowest BCUT2D eigenvalue weighted by atomic mass is 10.2. The van der Waals surface area contributed by atoms with Crippen LogP contribution >= 0.6 is 0 Å². The van der Waals surface area contributed by atoms with Crippen molar-refractivity contribution in [2.45, 2.75) is 13.3 Å². The lowest BCUT2D eigenvalue weighted by molar-refractivity contribution is 0.309. The molecule has 3 nitrogen and oxygen atoms in total. The molecule has 1 rings (SSSR count). The van der Waals surface area contributed by atoms with Gasteiger partial charge in [-0.05, 0) is 24.1 Å². The van der Waals surface area contributed by atoms with Gasteiger partial charge in [0.2, 0.25) is 5.90 Å². The van der Waals surface area contributed by atoms with E-state index in [4.69, 9.17) is 10.1 Å². The van der Waals surface area contributed by atoms with Crippen LogP contribution in [-0.2, 0) is 11.2 Å². The van der Waals surface area contributed by atoms with Crippen molar-refractivity contribution in [3.63, 3.8) is 0 Å². The van der Waals surface area contributed by atoms with Crippen molar-refractivity contribution in [2.75, 3.05) is 13.7 Å². The van der Waals surface area contributed by atoms with Crippen molar-refractivity contribution in [3.05, 3.63) is 29.8 Å². The Bertz CT molecular complexity index is 293. The summed E-state index contributed by atoms with van der Waals surface area (Å²) in [7, 11) is 1.46. The van der Waals surface area contributed by atoms with Crippen LogP contribution in [0.25, 0.3) is 0 Å². The van der Waals surface area contributed by atoms with E-state index in [0.717, 1.165) is 12.2 Å². The minimum absolute atomic E-state index is 0.129. The predicted molar refractivity (Wildman–Crippen MR) is 56.1 cm³/mol. The zero-order valence-electron chi connectivity index (χ0n) is 8.54. The molecular weight excluding hydrogens is 178 g/mol. The number of methoxy groups -OCH3 is 1. The molecule has 0 unspecified atom stereocenters. The molecule has 0 bridgehead atoms. The maximum atomic E-state index is 7.22. The summed E-state index contributed by atoms with van der Waals surface area (Å²) in [6, 6.07) is 7.85. The quantitative estimate of drug-likeness (QED) is 0.588. The fourth-order valence-electron chi connectivity index (χ4n) is 1.03. The molecule has 3 heteroatoms. The van der Waals surface area contributed by atoms with Crippen LogP contribution in [-0.4, -0.2) is 19.6 Å². The number of ether oxygens (including phenoxy) is 2. The van der Waals surface area contributed by atoms with Crippen molar-refractivity contribution in [1.82, 2.24) is 0 Å². The monoisotopic (exact) mass is 193 g/mol. The highest BCUT2D eigenvalue weighted by molar-refractivity contribution is 5.73. The molecule has 0 aliphatic heterocycles. The van der Waals surface area contributed by atoms with Crippen LogP contribution in [0.1, 0.15) is 12.5 Å². The zero-order chi connectivity index (χ0) is 10.4. The Balaban J connectivity index is 2.47. The lowest BCUT2D eigenvalue weighted by Gasteiger charge is -2.06. The van der Waals surface area contributed by atoms with Gasteiger partial charge in [-0.3, -0.25) is 5.41 Å². The average Bonchev–Trinajstić information content (AvgIpc) is 2.26. The van der Waals surface area contributed by atoms with Gasteiger partial charge in [-0.1, -0.05) is 19.1 Å². The first-order chi connectivity index (χ1) is 6.76. The van der Waals surface area contributed by atoms with Gasteiger partial charge >= 0.3 is 0 Å². The van der Waals surface area contributed by atoms with E-state index in [-0.39, 0.29) is 12.5 Å². The smallest absolute Gasteiger partial charge is 0.219 e. The van der Waals surface area contributed by atoms with Crippen LogP contribution in [0.3, 0.4) is 0 Å². The number of nitrogens with one attached hydrogen (secondary N) is 1. The molecule has 0 fully saturated rings. The highest BCUT2D eigenvalue weighted by Crippen LogP contribution is 2.12. The van der Waals surface area contributed by atoms with Gasteiger partial charge in [0.25, 0.3) is 0 Å². The third-order valence-corrected chi connectivity index (χ3v) is 1.95. The number of aryl methyl sites for hydroxylation is 1. The van der Waals surface area contributed by atoms with Crippen LogP contribution in [0.4, 0.5) is 0 Å². The zero-order valence-corrected chi connectivity index (χ0v) is 8.54. The molecule has 0 aliphatic carbocycles. The Morgan fingerprint density at radius 1 is 1.29 bits per heavy atom. The van der Waals surface area contributed by atoms with E-state index in [0.29, 0.717) is 0 Å². The Kier molecular flexibility index (Phi) is 3.98. The second-order valence-corrected chi connectivity index (χ2v) is 2.91. The minimum atomic E-state index is 0.129. The lowest BCUT2D eigenvalue weighted by Crippen LogP contribution is -2.11. The predicted octanol–water partition coefficient (Wildman–Crippen LogP) is 2.25. The Morgan fingerprint density at radius 2 is 1.93 bits per heavy atom. The standard InChI is InChI=1S/C11H15NO2/c1-3-9-4-6-10(7-5-9)14-8-11(12)13-2/h4-7,12H,3,8H2,1-2H3. The molecule has 14 heavy (non-hydrogen) atoms. The fourth-order valence-corrected chi connectivity index (χ4v) is 1.03. The van der Waals surface area contributed by atoms with E-state index in [1.54, 1.807) is 0 Å². The summed E-state index contributed by atoms with van der Waals surface area (Å²) in [5.41, 5.74) is 1.28. The second kappa shape index (κ2) is 5.27. The number of hydrogen-bond donors (Lipinski definition) is 1. The molecule has 0 saturated carbocycles. The van der Waals surface area contributed by atoms with Gasteiger partial charge in [0.05, 0.1) is 7.11 Å². The summed E-state index contributed by atoms with van der Waals surface area (Å²) in [5, 5.41) is 7.22. The molecule has 1 aromatic rings. The first kappa shape index (κ1) is 10.6. The molecule has 0 radical (unpaired) electrons. The summed E-state index contributed by atoms with van der Waals surface area (Å²) in [4.78, 5) is 0. The van der Waals surface area contributed by atoms with Gasteiger partial charge < -0.3 is 9.47 Å².